The molecule has 3 heteroatoms. The minimum absolute atomic E-state index is 0.0526. The number of likely N-dealkylation sites (tertiary alicyclic amines) is 1. The number of piperidine rings is 1. The molecule has 3 nitrogen and oxygen atoms in total. The van der Waals surface area contributed by atoms with Crippen molar-refractivity contribution in [1.82, 2.24) is 9.80 Å². The van der Waals surface area contributed by atoms with E-state index in [0.717, 1.165) is 44.2 Å². The number of unbranched alkanes of at least 4 members (excludes halogenated alkanes) is 1. The van der Waals surface area contributed by atoms with E-state index in [9.17, 15) is 4.79 Å². The molecule has 1 saturated carbocycles. The van der Waals surface area contributed by atoms with Crippen LogP contribution >= 0.6 is 0 Å². The Kier molecular flexibility index (Phi) is 6.62. The third kappa shape index (κ3) is 4.99. The van der Waals surface area contributed by atoms with Crippen LogP contribution in [-0.4, -0.2) is 45.9 Å². The summed E-state index contributed by atoms with van der Waals surface area (Å²) in [6.45, 7) is 17.6. The standard InChI is InChI=1S/C22H42N2O/c1-8-9-14-23(21(2,3)4)20(25)19-15-17-12-10-11-13-18(17)16-24(19)22(5,6)7/h17-19H,8-16H2,1-7H3. The highest BCUT2D eigenvalue weighted by Crippen LogP contribution is 2.41. The Bertz CT molecular complexity index is 446. The molecule has 0 spiro atoms. The van der Waals surface area contributed by atoms with E-state index in [-0.39, 0.29) is 17.1 Å². The normalized spacial score (nSPS) is 28.5. The van der Waals surface area contributed by atoms with Crippen LogP contribution in [0.3, 0.4) is 0 Å². The van der Waals surface area contributed by atoms with Crippen LogP contribution in [0.1, 0.15) is 93.4 Å². The van der Waals surface area contributed by atoms with Gasteiger partial charge in [-0.25, -0.2) is 0 Å². The molecule has 0 bridgehead atoms. The molecule has 0 radical (unpaired) electrons. The average Bonchev–Trinajstić information content (AvgIpc) is 2.51. The summed E-state index contributed by atoms with van der Waals surface area (Å²) in [4.78, 5) is 18.4. The number of carbonyl (C=O) groups is 1. The molecule has 146 valence electrons. The van der Waals surface area contributed by atoms with Gasteiger partial charge in [-0.2, -0.15) is 0 Å². The third-order valence-corrected chi connectivity index (χ3v) is 6.36. The van der Waals surface area contributed by atoms with Gasteiger partial charge in [0.15, 0.2) is 0 Å². The van der Waals surface area contributed by atoms with Crippen molar-refractivity contribution in [3.63, 3.8) is 0 Å². The zero-order chi connectivity index (χ0) is 18.8. The molecule has 1 aliphatic carbocycles. The highest BCUT2D eigenvalue weighted by molar-refractivity contribution is 5.83. The fourth-order valence-corrected chi connectivity index (χ4v) is 4.88. The van der Waals surface area contributed by atoms with Crippen molar-refractivity contribution in [2.45, 2.75) is 111 Å². The third-order valence-electron chi connectivity index (χ3n) is 6.36. The van der Waals surface area contributed by atoms with Crippen molar-refractivity contribution in [2.24, 2.45) is 11.8 Å². The summed E-state index contributed by atoms with van der Waals surface area (Å²) in [7, 11) is 0. The lowest BCUT2D eigenvalue weighted by Gasteiger charge is -2.52. The molecule has 3 atom stereocenters. The van der Waals surface area contributed by atoms with Crippen LogP contribution in [0.5, 0.6) is 0 Å². The Labute approximate surface area is 156 Å². The maximum atomic E-state index is 13.7. The van der Waals surface area contributed by atoms with Gasteiger partial charge in [-0.15, -0.1) is 0 Å². The molecule has 1 saturated heterocycles. The second-order valence-electron chi connectivity index (χ2n) is 10.4. The lowest BCUT2D eigenvalue weighted by Crippen LogP contribution is -2.63. The van der Waals surface area contributed by atoms with Crippen molar-refractivity contribution >= 4 is 5.91 Å². The van der Waals surface area contributed by atoms with E-state index in [2.05, 4.69) is 58.3 Å². The molecule has 1 heterocycles. The van der Waals surface area contributed by atoms with Gasteiger partial charge in [0.05, 0.1) is 6.04 Å². The van der Waals surface area contributed by atoms with Crippen LogP contribution in [0, 0.1) is 11.8 Å². The summed E-state index contributed by atoms with van der Waals surface area (Å²) in [5.74, 6) is 1.94. The monoisotopic (exact) mass is 350 g/mol. The molecular formula is C22H42N2O. The molecule has 25 heavy (non-hydrogen) atoms. The van der Waals surface area contributed by atoms with Crippen molar-refractivity contribution in [3.8, 4) is 0 Å². The van der Waals surface area contributed by atoms with Crippen LogP contribution in [0.4, 0.5) is 0 Å². The first-order valence-electron chi connectivity index (χ1n) is 10.6. The van der Waals surface area contributed by atoms with Crippen LogP contribution in [0.2, 0.25) is 0 Å². The molecule has 2 fully saturated rings. The van der Waals surface area contributed by atoms with E-state index in [4.69, 9.17) is 0 Å². The summed E-state index contributed by atoms with van der Waals surface area (Å²) in [6, 6.07) is 0.0652. The highest BCUT2D eigenvalue weighted by Gasteiger charge is 2.45. The molecule has 0 aromatic rings. The van der Waals surface area contributed by atoms with Crippen LogP contribution in [0.25, 0.3) is 0 Å². The predicted molar refractivity (Wildman–Crippen MR) is 107 cm³/mol. The van der Waals surface area contributed by atoms with E-state index in [1.807, 2.05) is 0 Å². The lowest BCUT2D eigenvalue weighted by molar-refractivity contribution is -0.149. The van der Waals surface area contributed by atoms with Gasteiger partial charge in [-0.05, 0) is 72.6 Å². The summed E-state index contributed by atoms with van der Waals surface area (Å²) in [5, 5.41) is 0. The van der Waals surface area contributed by atoms with Crippen LogP contribution in [-0.2, 0) is 4.79 Å². The van der Waals surface area contributed by atoms with Crippen molar-refractivity contribution < 1.29 is 4.79 Å². The fourth-order valence-electron chi connectivity index (χ4n) is 4.88. The average molecular weight is 351 g/mol. The first-order chi connectivity index (χ1) is 11.6. The van der Waals surface area contributed by atoms with Gasteiger partial charge in [0.2, 0.25) is 5.91 Å². The smallest absolute Gasteiger partial charge is 0.240 e. The van der Waals surface area contributed by atoms with Crippen molar-refractivity contribution in [2.75, 3.05) is 13.1 Å². The minimum atomic E-state index is -0.0980. The zero-order valence-electron chi connectivity index (χ0n) is 17.9. The molecule has 1 amide bonds. The molecule has 2 aliphatic rings. The van der Waals surface area contributed by atoms with Gasteiger partial charge in [0.25, 0.3) is 0 Å². The zero-order valence-corrected chi connectivity index (χ0v) is 17.9. The van der Waals surface area contributed by atoms with Gasteiger partial charge < -0.3 is 4.90 Å². The Morgan fingerprint density at radius 3 is 2.16 bits per heavy atom. The number of amides is 1. The summed E-state index contributed by atoms with van der Waals surface area (Å²) in [5.41, 5.74) is -0.0454. The molecular weight excluding hydrogens is 308 g/mol. The number of hydrogen-bond acceptors (Lipinski definition) is 2. The van der Waals surface area contributed by atoms with E-state index in [1.54, 1.807) is 0 Å². The Morgan fingerprint density at radius 1 is 1.04 bits per heavy atom. The first kappa shape index (κ1) is 20.7. The quantitative estimate of drug-likeness (QED) is 0.705. The minimum Gasteiger partial charge on any atom is -0.337 e. The van der Waals surface area contributed by atoms with Crippen LogP contribution < -0.4 is 0 Å². The van der Waals surface area contributed by atoms with Crippen molar-refractivity contribution in [3.05, 3.63) is 0 Å². The summed E-state index contributed by atoms with van der Waals surface area (Å²) < 4.78 is 0. The maximum absolute atomic E-state index is 13.7. The van der Waals surface area contributed by atoms with Gasteiger partial charge >= 0.3 is 0 Å². The maximum Gasteiger partial charge on any atom is 0.240 e. The van der Waals surface area contributed by atoms with Gasteiger partial charge in [0, 0.05) is 24.2 Å². The van der Waals surface area contributed by atoms with E-state index >= 15 is 0 Å². The fraction of sp³-hybridized carbons (Fsp3) is 0.955. The van der Waals surface area contributed by atoms with Gasteiger partial charge in [0.1, 0.15) is 0 Å². The molecule has 3 unspecified atom stereocenters. The SMILES string of the molecule is CCCCN(C(=O)C1CC2CCCCC2CN1C(C)(C)C)C(C)(C)C. The Morgan fingerprint density at radius 2 is 1.64 bits per heavy atom. The summed E-state index contributed by atoms with van der Waals surface area (Å²) >= 11 is 0. The number of hydrogen-bond donors (Lipinski definition) is 0. The number of fused-ring (bicyclic) bond motifs is 1. The van der Waals surface area contributed by atoms with E-state index in [0.29, 0.717) is 5.91 Å². The van der Waals surface area contributed by atoms with Crippen molar-refractivity contribution in [1.29, 1.82) is 0 Å². The number of nitrogens with zero attached hydrogens (tertiary/aromatic N) is 2. The molecule has 0 aromatic heterocycles. The topological polar surface area (TPSA) is 23.6 Å². The van der Waals surface area contributed by atoms with Gasteiger partial charge in [-0.3, -0.25) is 9.69 Å². The Balaban J connectivity index is 2.25. The van der Waals surface area contributed by atoms with Crippen LogP contribution in [0.15, 0.2) is 0 Å². The number of rotatable bonds is 4. The molecule has 0 N–H and O–H groups in total. The summed E-state index contributed by atoms with van der Waals surface area (Å²) in [6.07, 6.45) is 8.72. The van der Waals surface area contributed by atoms with E-state index in [1.165, 1.54) is 25.7 Å². The Hall–Kier alpha value is -0.570. The first-order valence-corrected chi connectivity index (χ1v) is 10.6. The highest BCUT2D eigenvalue weighted by atomic mass is 16.2. The van der Waals surface area contributed by atoms with E-state index < -0.39 is 0 Å². The second-order valence-corrected chi connectivity index (χ2v) is 10.4. The molecule has 2 rings (SSSR count). The lowest BCUT2D eigenvalue weighted by atomic mass is 9.71. The van der Waals surface area contributed by atoms with Gasteiger partial charge in [-0.1, -0.05) is 32.6 Å². The molecule has 1 aliphatic heterocycles. The number of carbonyl (C=O) groups excluding carboxylic acids is 1. The molecule has 0 aromatic carbocycles. The second kappa shape index (κ2) is 7.98. The largest absolute Gasteiger partial charge is 0.337 e. The predicted octanol–water partition coefficient (Wildman–Crippen LogP) is 5.09.